The van der Waals surface area contributed by atoms with Crippen molar-refractivity contribution in [2.45, 2.75) is 96.2 Å². The SMILES string of the molecule is CCCCCCCC1OC1CCCCCCC=CC(=O)O. The number of carboxylic acid groups (broad SMARTS) is 1. The molecule has 0 radical (unpaired) electrons. The topological polar surface area (TPSA) is 49.8 Å². The van der Waals surface area contributed by atoms with Gasteiger partial charge in [-0.25, -0.2) is 4.79 Å². The minimum atomic E-state index is -0.846. The van der Waals surface area contributed by atoms with Crippen molar-refractivity contribution in [1.29, 1.82) is 0 Å². The highest BCUT2D eigenvalue weighted by molar-refractivity contribution is 5.79. The number of rotatable bonds is 14. The maximum Gasteiger partial charge on any atom is 0.327 e. The Kier molecular flexibility index (Phi) is 10.2. The molecule has 3 heteroatoms. The van der Waals surface area contributed by atoms with E-state index in [9.17, 15) is 4.79 Å². The second kappa shape index (κ2) is 11.8. The third kappa shape index (κ3) is 10.5. The average molecular weight is 296 g/mol. The molecule has 0 aromatic heterocycles. The third-order valence-electron chi connectivity index (χ3n) is 4.15. The van der Waals surface area contributed by atoms with Gasteiger partial charge in [0.05, 0.1) is 12.2 Å². The predicted molar refractivity (Wildman–Crippen MR) is 86.5 cm³/mol. The Bertz CT molecular complexity index is 299. The Balaban J connectivity index is 1.80. The fourth-order valence-corrected chi connectivity index (χ4v) is 2.78. The van der Waals surface area contributed by atoms with Crippen LogP contribution in [0.1, 0.15) is 84.0 Å². The van der Waals surface area contributed by atoms with Crippen molar-refractivity contribution in [3.63, 3.8) is 0 Å². The van der Waals surface area contributed by atoms with Gasteiger partial charge in [-0.05, 0) is 25.7 Å². The monoisotopic (exact) mass is 296 g/mol. The first-order valence-corrected chi connectivity index (χ1v) is 8.79. The molecule has 0 spiro atoms. The summed E-state index contributed by atoms with van der Waals surface area (Å²) in [6.07, 6.45) is 19.0. The van der Waals surface area contributed by atoms with Crippen LogP contribution in [0.15, 0.2) is 12.2 Å². The van der Waals surface area contributed by atoms with Crippen LogP contribution in [0.25, 0.3) is 0 Å². The van der Waals surface area contributed by atoms with Crippen LogP contribution in [0.2, 0.25) is 0 Å². The molecule has 0 saturated carbocycles. The lowest BCUT2D eigenvalue weighted by molar-refractivity contribution is -0.131. The van der Waals surface area contributed by atoms with Gasteiger partial charge in [0.1, 0.15) is 0 Å². The van der Waals surface area contributed by atoms with Crippen molar-refractivity contribution < 1.29 is 14.6 Å². The normalized spacial score (nSPS) is 21.0. The van der Waals surface area contributed by atoms with E-state index in [0.29, 0.717) is 12.2 Å². The fraction of sp³-hybridized carbons (Fsp3) is 0.833. The van der Waals surface area contributed by atoms with Crippen LogP contribution in [0, 0.1) is 0 Å². The standard InChI is InChI=1S/C18H32O3/c1-2-3-4-7-10-13-16-17(21-16)14-11-8-5-6-9-12-15-18(19)20/h12,15-17H,2-11,13-14H2,1H3,(H,19,20). The Hall–Kier alpha value is -0.830. The van der Waals surface area contributed by atoms with Crippen LogP contribution in [0.5, 0.6) is 0 Å². The molecule has 1 saturated heterocycles. The highest BCUT2D eigenvalue weighted by Gasteiger charge is 2.36. The molecule has 0 bridgehead atoms. The summed E-state index contributed by atoms with van der Waals surface area (Å²) in [5.74, 6) is -0.846. The summed E-state index contributed by atoms with van der Waals surface area (Å²) in [6.45, 7) is 2.25. The maximum atomic E-state index is 10.3. The summed E-state index contributed by atoms with van der Waals surface area (Å²) in [5.41, 5.74) is 0. The number of ether oxygens (including phenoxy) is 1. The first-order chi connectivity index (χ1) is 10.2. The number of allylic oxidation sites excluding steroid dienone is 1. The van der Waals surface area contributed by atoms with E-state index in [2.05, 4.69) is 6.92 Å². The van der Waals surface area contributed by atoms with Crippen molar-refractivity contribution in [3.05, 3.63) is 12.2 Å². The van der Waals surface area contributed by atoms with Crippen LogP contribution in [0.3, 0.4) is 0 Å². The van der Waals surface area contributed by atoms with Gasteiger partial charge >= 0.3 is 5.97 Å². The van der Waals surface area contributed by atoms with Gasteiger partial charge in [-0.15, -0.1) is 0 Å². The van der Waals surface area contributed by atoms with Crippen molar-refractivity contribution in [2.24, 2.45) is 0 Å². The Labute approximate surface area is 129 Å². The van der Waals surface area contributed by atoms with E-state index in [-0.39, 0.29) is 0 Å². The number of hydrogen-bond donors (Lipinski definition) is 1. The number of aliphatic carboxylic acids is 1. The van der Waals surface area contributed by atoms with Crippen molar-refractivity contribution in [1.82, 2.24) is 0 Å². The highest BCUT2D eigenvalue weighted by atomic mass is 16.6. The minimum Gasteiger partial charge on any atom is -0.478 e. The van der Waals surface area contributed by atoms with E-state index in [4.69, 9.17) is 9.84 Å². The van der Waals surface area contributed by atoms with Gasteiger partial charge in [0.25, 0.3) is 0 Å². The van der Waals surface area contributed by atoms with E-state index in [1.807, 2.05) is 0 Å². The molecule has 1 N–H and O–H groups in total. The Morgan fingerprint density at radius 3 is 2.10 bits per heavy atom. The van der Waals surface area contributed by atoms with Gasteiger partial charge in [0, 0.05) is 6.08 Å². The fourth-order valence-electron chi connectivity index (χ4n) is 2.78. The van der Waals surface area contributed by atoms with Crippen molar-refractivity contribution >= 4 is 5.97 Å². The van der Waals surface area contributed by atoms with Gasteiger partial charge in [0.2, 0.25) is 0 Å². The summed E-state index contributed by atoms with van der Waals surface area (Å²) in [5, 5.41) is 8.45. The number of carboxylic acids is 1. The molecule has 21 heavy (non-hydrogen) atoms. The minimum absolute atomic E-state index is 0.545. The van der Waals surface area contributed by atoms with E-state index >= 15 is 0 Å². The summed E-state index contributed by atoms with van der Waals surface area (Å²) in [7, 11) is 0. The van der Waals surface area contributed by atoms with E-state index < -0.39 is 5.97 Å². The Morgan fingerprint density at radius 2 is 1.52 bits per heavy atom. The number of hydrogen-bond acceptors (Lipinski definition) is 2. The highest BCUT2D eigenvalue weighted by Crippen LogP contribution is 2.31. The molecule has 2 unspecified atom stereocenters. The molecule has 0 aliphatic carbocycles. The molecule has 1 rings (SSSR count). The second-order valence-electron chi connectivity index (χ2n) is 6.15. The zero-order valence-corrected chi connectivity index (χ0v) is 13.6. The summed E-state index contributed by atoms with van der Waals surface area (Å²) >= 11 is 0. The van der Waals surface area contributed by atoms with Crippen LogP contribution in [-0.4, -0.2) is 23.3 Å². The number of unbranched alkanes of at least 4 members (excludes halogenated alkanes) is 8. The molecule has 122 valence electrons. The molecular formula is C18H32O3. The molecule has 0 aromatic carbocycles. The smallest absolute Gasteiger partial charge is 0.327 e. The maximum absolute atomic E-state index is 10.3. The largest absolute Gasteiger partial charge is 0.478 e. The molecular weight excluding hydrogens is 264 g/mol. The van der Waals surface area contributed by atoms with Gasteiger partial charge in [-0.2, -0.15) is 0 Å². The van der Waals surface area contributed by atoms with Crippen LogP contribution >= 0.6 is 0 Å². The lowest BCUT2D eigenvalue weighted by atomic mass is 10.0. The molecule has 1 heterocycles. The quantitative estimate of drug-likeness (QED) is 0.276. The lowest BCUT2D eigenvalue weighted by Gasteiger charge is -1.99. The molecule has 1 aliphatic heterocycles. The van der Waals surface area contributed by atoms with Crippen LogP contribution in [-0.2, 0) is 9.53 Å². The second-order valence-corrected chi connectivity index (χ2v) is 6.15. The van der Waals surface area contributed by atoms with E-state index in [1.165, 1.54) is 70.3 Å². The molecule has 1 fully saturated rings. The summed E-state index contributed by atoms with van der Waals surface area (Å²) in [6, 6.07) is 0. The predicted octanol–water partition coefficient (Wildman–Crippen LogP) is 5.10. The molecule has 0 amide bonds. The average Bonchev–Trinajstić information content (AvgIpc) is 3.20. The first kappa shape index (κ1) is 18.2. The third-order valence-corrected chi connectivity index (χ3v) is 4.15. The molecule has 0 aromatic rings. The summed E-state index contributed by atoms with van der Waals surface area (Å²) in [4.78, 5) is 10.3. The van der Waals surface area contributed by atoms with Gasteiger partial charge < -0.3 is 9.84 Å². The molecule has 1 aliphatic rings. The van der Waals surface area contributed by atoms with Crippen LogP contribution in [0.4, 0.5) is 0 Å². The zero-order valence-electron chi connectivity index (χ0n) is 13.6. The van der Waals surface area contributed by atoms with Crippen LogP contribution < -0.4 is 0 Å². The van der Waals surface area contributed by atoms with Crippen molar-refractivity contribution in [2.75, 3.05) is 0 Å². The molecule has 2 atom stereocenters. The molecule has 3 nitrogen and oxygen atoms in total. The number of carbonyl (C=O) groups is 1. The first-order valence-electron chi connectivity index (χ1n) is 8.79. The van der Waals surface area contributed by atoms with E-state index in [1.54, 1.807) is 6.08 Å². The Morgan fingerprint density at radius 1 is 0.952 bits per heavy atom. The van der Waals surface area contributed by atoms with Gasteiger partial charge in [-0.1, -0.05) is 64.4 Å². The van der Waals surface area contributed by atoms with Gasteiger partial charge in [-0.3, -0.25) is 0 Å². The zero-order chi connectivity index (χ0) is 15.3. The lowest BCUT2D eigenvalue weighted by Crippen LogP contribution is -1.94. The number of epoxide rings is 1. The van der Waals surface area contributed by atoms with Gasteiger partial charge in [0.15, 0.2) is 0 Å². The van der Waals surface area contributed by atoms with Crippen molar-refractivity contribution in [3.8, 4) is 0 Å². The summed E-state index contributed by atoms with van der Waals surface area (Å²) < 4.78 is 5.72. The van der Waals surface area contributed by atoms with E-state index in [0.717, 1.165) is 12.8 Å².